The van der Waals surface area contributed by atoms with Gasteiger partial charge in [-0.25, -0.2) is 8.78 Å². The third-order valence-corrected chi connectivity index (χ3v) is 3.03. The lowest BCUT2D eigenvalue weighted by Crippen LogP contribution is -1.95. The van der Waals surface area contributed by atoms with Gasteiger partial charge in [-0.3, -0.25) is 4.98 Å². The number of aromatic nitrogens is 1. The van der Waals surface area contributed by atoms with E-state index in [0.29, 0.717) is 5.69 Å². The summed E-state index contributed by atoms with van der Waals surface area (Å²) in [6.45, 7) is 0. The molecule has 1 heterocycles. The lowest BCUT2D eigenvalue weighted by Gasteiger charge is -2.06. The minimum atomic E-state index is -2.66. The molecule has 74 valence electrons. The molecule has 0 N–H and O–H groups in total. The molecule has 2 nitrogen and oxygen atoms in total. The highest BCUT2D eigenvalue weighted by Gasteiger charge is 2.17. The molecular formula is C8H4BrClF2N2. The standard InChI is InChI=1S/C8H4BrClF2N2/c9-6-5(1-2-13)14-3-4(7(6)10)8(11)12/h3,8H,1H2. The maximum Gasteiger partial charge on any atom is 0.266 e. The molecule has 1 rings (SSSR count). The van der Waals surface area contributed by atoms with Crippen LogP contribution in [0.2, 0.25) is 5.02 Å². The predicted molar refractivity (Wildman–Crippen MR) is 51.2 cm³/mol. The largest absolute Gasteiger partial charge is 0.266 e. The minimum Gasteiger partial charge on any atom is -0.258 e. The van der Waals surface area contributed by atoms with E-state index < -0.39 is 6.43 Å². The number of alkyl halides is 2. The first-order valence-corrected chi connectivity index (χ1v) is 4.73. The van der Waals surface area contributed by atoms with Gasteiger partial charge in [-0.05, 0) is 15.9 Å². The average molecular weight is 281 g/mol. The van der Waals surface area contributed by atoms with Crippen molar-refractivity contribution in [2.24, 2.45) is 0 Å². The number of halogens is 4. The molecule has 1 aromatic heterocycles. The summed E-state index contributed by atoms with van der Waals surface area (Å²) in [5, 5.41) is 8.33. The molecule has 0 aliphatic carbocycles. The first kappa shape index (κ1) is 11.3. The van der Waals surface area contributed by atoms with E-state index in [0.717, 1.165) is 6.20 Å². The van der Waals surface area contributed by atoms with E-state index in [4.69, 9.17) is 16.9 Å². The lowest BCUT2D eigenvalue weighted by molar-refractivity contribution is 0.151. The van der Waals surface area contributed by atoms with Gasteiger partial charge in [0.25, 0.3) is 6.43 Å². The Balaban J connectivity index is 3.20. The summed E-state index contributed by atoms with van der Waals surface area (Å²) in [5.41, 5.74) is 0.0298. The van der Waals surface area contributed by atoms with E-state index >= 15 is 0 Å². The Morgan fingerprint density at radius 1 is 1.64 bits per heavy atom. The highest BCUT2D eigenvalue weighted by atomic mass is 79.9. The second-order valence-electron chi connectivity index (χ2n) is 2.42. The second kappa shape index (κ2) is 4.67. The predicted octanol–water partition coefficient (Wildman–Crippen LogP) is 3.50. The Morgan fingerprint density at radius 2 is 2.29 bits per heavy atom. The van der Waals surface area contributed by atoms with Crippen LogP contribution in [0.5, 0.6) is 0 Å². The van der Waals surface area contributed by atoms with Gasteiger partial charge >= 0.3 is 0 Å². The van der Waals surface area contributed by atoms with Crippen LogP contribution in [0.25, 0.3) is 0 Å². The van der Waals surface area contributed by atoms with Crippen molar-refractivity contribution in [1.29, 1.82) is 5.26 Å². The molecule has 1 aromatic rings. The van der Waals surface area contributed by atoms with E-state index in [1.807, 2.05) is 6.07 Å². The van der Waals surface area contributed by atoms with Crippen LogP contribution in [-0.2, 0) is 6.42 Å². The molecule has 0 bridgehead atoms. The van der Waals surface area contributed by atoms with Crippen molar-refractivity contribution in [1.82, 2.24) is 4.98 Å². The molecule has 0 saturated carbocycles. The third-order valence-electron chi connectivity index (χ3n) is 1.54. The maximum atomic E-state index is 12.3. The van der Waals surface area contributed by atoms with Gasteiger partial charge in [0, 0.05) is 6.20 Å². The molecular weight excluding hydrogens is 277 g/mol. The van der Waals surface area contributed by atoms with Crippen LogP contribution in [0, 0.1) is 11.3 Å². The lowest BCUT2D eigenvalue weighted by atomic mass is 10.2. The zero-order valence-electron chi connectivity index (χ0n) is 6.77. The fraction of sp³-hybridized carbons (Fsp3) is 0.250. The number of hydrogen-bond donors (Lipinski definition) is 0. The van der Waals surface area contributed by atoms with Crippen LogP contribution < -0.4 is 0 Å². The van der Waals surface area contributed by atoms with Gasteiger partial charge in [-0.1, -0.05) is 11.6 Å². The number of nitriles is 1. The van der Waals surface area contributed by atoms with Crippen molar-refractivity contribution in [2.75, 3.05) is 0 Å². The van der Waals surface area contributed by atoms with Crippen LogP contribution in [0.15, 0.2) is 10.7 Å². The Labute approximate surface area is 92.6 Å². The summed E-state index contributed by atoms with van der Waals surface area (Å²) in [5.74, 6) is 0. The topological polar surface area (TPSA) is 36.7 Å². The molecule has 0 unspecified atom stereocenters. The smallest absolute Gasteiger partial charge is 0.258 e. The first-order chi connectivity index (χ1) is 6.57. The van der Waals surface area contributed by atoms with Gasteiger partial charge in [0.05, 0.1) is 33.2 Å². The van der Waals surface area contributed by atoms with E-state index in [1.165, 1.54) is 0 Å². The van der Waals surface area contributed by atoms with Gasteiger partial charge in [0.1, 0.15) is 0 Å². The van der Waals surface area contributed by atoms with Crippen LogP contribution in [0.1, 0.15) is 17.7 Å². The zero-order chi connectivity index (χ0) is 10.7. The summed E-state index contributed by atoms with van der Waals surface area (Å²) in [6, 6.07) is 1.86. The molecule has 0 amide bonds. The summed E-state index contributed by atoms with van der Waals surface area (Å²) >= 11 is 8.67. The van der Waals surface area contributed by atoms with Crippen LogP contribution >= 0.6 is 27.5 Å². The van der Waals surface area contributed by atoms with E-state index in [2.05, 4.69) is 20.9 Å². The van der Waals surface area contributed by atoms with Gasteiger partial charge in [0.15, 0.2) is 0 Å². The Kier molecular flexibility index (Phi) is 3.78. The summed E-state index contributed by atoms with van der Waals surface area (Å²) in [6.07, 6.45) is -1.64. The molecule has 0 aliphatic heterocycles. The Morgan fingerprint density at radius 3 is 2.79 bits per heavy atom. The van der Waals surface area contributed by atoms with Crippen molar-refractivity contribution < 1.29 is 8.78 Å². The van der Waals surface area contributed by atoms with Crippen molar-refractivity contribution >= 4 is 27.5 Å². The highest BCUT2D eigenvalue weighted by molar-refractivity contribution is 9.10. The number of nitrogens with zero attached hydrogens (tertiary/aromatic N) is 2. The molecule has 0 radical (unpaired) electrons. The number of pyridine rings is 1. The van der Waals surface area contributed by atoms with Gasteiger partial charge in [0.2, 0.25) is 0 Å². The third kappa shape index (κ3) is 2.20. The SMILES string of the molecule is N#CCc1ncc(C(F)F)c(Cl)c1Br. The van der Waals surface area contributed by atoms with Crippen molar-refractivity contribution in [2.45, 2.75) is 12.8 Å². The normalized spacial score (nSPS) is 10.3. The van der Waals surface area contributed by atoms with Crippen molar-refractivity contribution in [3.8, 4) is 6.07 Å². The highest BCUT2D eigenvalue weighted by Crippen LogP contribution is 2.33. The molecule has 0 aliphatic rings. The van der Waals surface area contributed by atoms with Crippen LogP contribution in [-0.4, -0.2) is 4.98 Å². The molecule has 14 heavy (non-hydrogen) atoms. The van der Waals surface area contributed by atoms with Crippen LogP contribution in [0.3, 0.4) is 0 Å². The van der Waals surface area contributed by atoms with E-state index in [-0.39, 0.29) is 21.5 Å². The average Bonchev–Trinajstić information content (AvgIpc) is 2.13. The monoisotopic (exact) mass is 280 g/mol. The van der Waals surface area contributed by atoms with Gasteiger partial charge in [-0.15, -0.1) is 0 Å². The van der Waals surface area contributed by atoms with Crippen molar-refractivity contribution in [3.63, 3.8) is 0 Å². The van der Waals surface area contributed by atoms with Gasteiger partial charge < -0.3 is 0 Å². The zero-order valence-corrected chi connectivity index (χ0v) is 9.11. The Hall–Kier alpha value is -0.730. The molecule has 0 atom stereocenters. The molecule has 0 spiro atoms. The van der Waals surface area contributed by atoms with E-state index in [1.54, 1.807) is 0 Å². The fourth-order valence-electron chi connectivity index (χ4n) is 0.864. The summed E-state index contributed by atoms with van der Waals surface area (Å²) in [4.78, 5) is 3.72. The number of rotatable bonds is 2. The summed E-state index contributed by atoms with van der Waals surface area (Å²) < 4.78 is 24.9. The first-order valence-electron chi connectivity index (χ1n) is 3.55. The minimum absolute atomic E-state index is 0.0316. The quantitative estimate of drug-likeness (QED) is 0.832. The molecule has 0 fully saturated rings. The Bertz CT molecular complexity index is 390. The fourth-order valence-corrected chi connectivity index (χ4v) is 1.58. The molecule has 0 aromatic carbocycles. The second-order valence-corrected chi connectivity index (χ2v) is 3.59. The molecule has 6 heteroatoms. The van der Waals surface area contributed by atoms with E-state index in [9.17, 15) is 8.78 Å². The maximum absolute atomic E-state index is 12.3. The van der Waals surface area contributed by atoms with Crippen LogP contribution in [0.4, 0.5) is 8.78 Å². The molecule has 0 saturated heterocycles. The van der Waals surface area contributed by atoms with Gasteiger partial charge in [-0.2, -0.15) is 5.26 Å². The van der Waals surface area contributed by atoms with Crippen molar-refractivity contribution in [3.05, 3.63) is 26.9 Å². The summed E-state index contributed by atoms with van der Waals surface area (Å²) in [7, 11) is 0. The number of hydrogen-bond acceptors (Lipinski definition) is 2.